The van der Waals surface area contributed by atoms with Crippen molar-refractivity contribution in [1.29, 1.82) is 0 Å². The summed E-state index contributed by atoms with van der Waals surface area (Å²) in [5, 5.41) is 1.36. The first kappa shape index (κ1) is 19.0. The molecule has 1 heterocycles. The van der Waals surface area contributed by atoms with Gasteiger partial charge in [0.2, 0.25) is 0 Å². The van der Waals surface area contributed by atoms with E-state index in [1.807, 2.05) is 0 Å². The molecule has 0 bridgehead atoms. The Morgan fingerprint density at radius 2 is 1.42 bits per heavy atom. The molecular formula is C19H17Cl3N2O2. The van der Waals surface area contributed by atoms with Crippen LogP contribution in [-0.2, 0) is 0 Å². The first-order chi connectivity index (χ1) is 12.5. The van der Waals surface area contributed by atoms with Gasteiger partial charge in [0, 0.05) is 41.8 Å². The highest BCUT2D eigenvalue weighted by atomic mass is 35.5. The van der Waals surface area contributed by atoms with Crippen LogP contribution in [0.2, 0.25) is 15.1 Å². The van der Waals surface area contributed by atoms with Crippen LogP contribution in [0.3, 0.4) is 0 Å². The molecule has 3 rings (SSSR count). The van der Waals surface area contributed by atoms with Crippen LogP contribution in [0.4, 0.5) is 0 Å². The van der Waals surface area contributed by atoms with Gasteiger partial charge in [-0.3, -0.25) is 9.59 Å². The molecule has 1 saturated heterocycles. The third-order valence-corrected chi connectivity index (χ3v) is 5.10. The summed E-state index contributed by atoms with van der Waals surface area (Å²) in [7, 11) is 0. The highest BCUT2D eigenvalue weighted by Gasteiger charge is 2.24. The summed E-state index contributed by atoms with van der Waals surface area (Å²) in [5.41, 5.74) is 0.934. The fourth-order valence-electron chi connectivity index (χ4n) is 2.96. The zero-order chi connectivity index (χ0) is 18.7. The molecule has 4 nitrogen and oxygen atoms in total. The molecule has 26 heavy (non-hydrogen) atoms. The van der Waals surface area contributed by atoms with E-state index in [4.69, 9.17) is 34.8 Å². The predicted octanol–water partition coefficient (Wildman–Crippen LogP) is 4.64. The van der Waals surface area contributed by atoms with Crippen LogP contribution < -0.4 is 0 Å². The van der Waals surface area contributed by atoms with Crippen molar-refractivity contribution in [1.82, 2.24) is 9.80 Å². The van der Waals surface area contributed by atoms with Gasteiger partial charge in [-0.15, -0.1) is 0 Å². The molecule has 0 aromatic heterocycles. The molecule has 0 N–H and O–H groups in total. The van der Waals surface area contributed by atoms with E-state index < -0.39 is 0 Å². The van der Waals surface area contributed by atoms with Gasteiger partial charge in [-0.05, 0) is 42.8 Å². The van der Waals surface area contributed by atoms with Crippen molar-refractivity contribution in [2.24, 2.45) is 0 Å². The molecule has 0 unspecified atom stereocenters. The predicted molar refractivity (Wildman–Crippen MR) is 104 cm³/mol. The van der Waals surface area contributed by atoms with E-state index in [0.29, 0.717) is 58.8 Å². The monoisotopic (exact) mass is 410 g/mol. The minimum absolute atomic E-state index is 0.0809. The van der Waals surface area contributed by atoms with Crippen molar-refractivity contribution in [3.8, 4) is 0 Å². The Hall–Kier alpha value is -1.75. The quantitative estimate of drug-likeness (QED) is 0.722. The Morgan fingerprint density at radius 1 is 0.769 bits per heavy atom. The van der Waals surface area contributed by atoms with Crippen LogP contribution in [0.1, 0.15) is 27.1 Å². The smallest absolute Gasteiger partial charge is 0.255 e. The lowest BCUT2D eigenvalue weighted by Crippen LogP contribution is -2.37. The van der Waals surface area contributed by atoms with Gasteiger partial charge in [-0.25, -0.2) is 0 Å². The van der Waals surface area contributed by atoms with Crippen LogP contribution in [0, 0.1) is 0 Å². The lowest BCUT2D eigenvalue weighted by Gasteiger charge is -2.23. The largest absolute Gasteiger partial charge is 0.337 e. The summed E-state index contributed by atoms with van der Waals surface area (Å²) in [6, 6.07) is 11.7. The Morgan fingerprint density at radius 3 is 2.12 bits per heavy atom. The summed E-state index contributed by atoms with van der Waals surface area (Å²) in [6.45, 7) is 2.03. The number of benzene rings is 2. The second kappa shape index (κ2) is 8.30. The first-order valence-electron chi connectivity index (χ1n) is 8.25. The fourth-order valence-corrected chi connectivity index (χ4v) is 3.52. The maximum Gasteiger partial charge on any atom is 0.255 e. The maximum absolute atomic E-state index is 12.8. The number of amides is 2. The van der Waals surface area contributed by atoms with Crippen molar-refractivity contribution >= 4 is 46.6 Å². The lowest BCUT2D eigenvalue weighted by atomic mass is 10.2. The van der Waals surface area contributed by atoms with Gasteiger partial charge in [-0.1, -0.05) is 40.9 Å². The molecule has 1 fully saturated rings. The van der Waals surface area contributed by atoms with Crippen molar-refractivity contribution < 1.29 is 9.59 Å². The van der Waals surface area contributed by atoms with Crippen molar-refractivity contribution in [2.45, 2.75) is 6.42 Å². The van der Waals surface area contributed by atoms with Crippen LogP contribution in [0.5, 0.6) is 0 Å². The third-order valence-electron chi connectivity index (χ3n) is 4.30. The SMILES string of the molecule is O=C(c1cccc(Cl)c1)N1CCCN(C(=O)c2cc(Cl)ccc2Cl)CC1. The summed E-state index contributed by atoms with van der Waals surface area (Å²) in [6.07, 6.45) is 0.691. The van der Waals surface area contributed by atoms with Crippen LogP contribution in [0.15, 0.2) is 42.5 Å². The summed E-state index contributed by atoms with van der Waals surface area (Å²) < 4.78 is 0. The van der Waals surface area contributed by atoms with E-state index in [1.54, 1.807) is 52.3 Å². The van der Waals surface area contributed by atoms with Crippen molar-refractivity contribution in [3.63, 3.8) is 0 Å². The van der Waals surface area contributed by atoms with Gasteiger partial charge in [0.15, 0.2) is 0 Å². The molecule has 1 aliphatic rings. The van der Waals surface area contributed by atoms with E-state index >= 15 is 0 Å². The van der Waals surface area contributed by atoms with Crippen molar-refractivity contribution in [2.75, 3.05) is 26.2 Å². The molecule has 0 saturated carbocycles. The second-order valence-corrected chi connectivity index (χ2v) is 7.35. The molecule has 2 aromatic rings. The number of hydrogen-bond donors (Lipinski definition) is 0. The minimum atomic E-state index is -0.172. The zero-order valence-electron chi connectivity index (χ0n) is 13.9. The summed E-state index contributed by atoms with van der Waals surface area (Å²) in [4.78, 5) is 28.9. The minimum Gasteiger partial charge on any atom is -0.337 e. The zero-order valence-corrected chi connectivity index (χ0v) is 16.2. The molecule has 1 aliphatic heterocycles. The molecule has 0 radical (unpaired) electrons. The third kappa shape index (κ3) is 4.32. The number of nitrogens with zero attached hydrogens (tertiary/aromatic N) is 2. The first-order valence-corrected chi connectivity index (χ1v) is 9.38. The number of halogens is 3. The van der Waals surface area contributed by atoms with E-state index in [0.717, 1.165) is 0 Å². The standard InChI is InChI=1S/C19H17Cl3N2O2/c20-14-4-1-3-13(11-14)18(25)23-7-2-8-24(10-9-23)19(26)16-12-15(21)5-6-17(16)22/h1,3-6,11-12H,2,7-10H2. The van der Waals surface area contributed by atoms with E-state index in [2.05, 4.69) is 0 Å². The van der Waals surface area contributed by atoms with Gasteiger partial charge >= 0.3 is 0 Å². The molecule has 2 amide bonds. The Labute approximate surface area is 167 Å². The fraction of sp³-hybridized carbons (Fsp3) is 0.263. The number of carbonyl (C=O) groups is 2. The lowest BCUT2D eigenvalue weighted by molar-refractivity contribution is 0.0719. The van der Waals surface area contributed by atoms with E-state index in [-0.39, 0.29) is 11.8 Å². The molecule has 136 valence electrons. The second-order valence-electron chi connectivity index (χ2n) is 6.07. The highest BCUT2D eigenvalue weighted by Crippen LogP contribution is 2.23. The summed E-state index contributed by atoms with van der Waals surface area (Å²) >= 11 is 18.1. The molecule has 0 spiro atoms. The Kier molecular flexibility index (Phi) is 6.07. The Balaban J connectivity index is 1.71. The maximum atomic E-state index is 12.8. The number of carbonyl (C=O) groups excluding carboxylic acids is 2. The van der Waals surface area contributed by atoms with Crippen molar-refractivity contribution in [3.05, 3.63) is 68.7 Å². The topological polar surface area (TPSA) is 40.6 Å². The molecular weight excluding hydrogens is 395 g/mol. The van der Waals surface area contributed by atoms with Crippen LogP contribution >= 0.6 is 34.8 Å². The van der Waals surface area contributed by atoms with E-state index in [9.17, 15) is 9.59 Å². The van der Waals surface area contributed by atoms with Gasteiger partial charge in [0.05, 0.1) is 10.6 Å². The van der Waals surface area contributed by atoms with Gasteiger partial charge in [0.1, 0.15) is 0 Å². The molecule has 2 aromatic carbocycles. The van der Waals surface area contributed by atoms with Gasteiger partial charge in [0.25, 0.3) is 11.8 Å². The number of rotatable bonds is 2. The normalized spacial score (nSPS) is 14.9. The molecule has 7 heteroatoms. The van der Waals surface area contributed by atoms with Crippen LogP contribution in [0.25, 0.3) is 0 Å². The van der Waals surface area contributed by atoms with Crippen LogP contribution in [-0.4, -0.2) is 47.8 Å². The highest BCUT2D eigenvalue weighted by molar-refractivity contribution is 6.35. The molecule has 0 aliphatic carbocycles. The number of hydrogen-bond acceptors (Lipinski definition) is 2. The average molecular weight is 412 g/mol. The van der Waals surface area contributed by atoms with E-state index in [1.165, 1.54) is 0 Å². The Bertz CT molecular complexity index is 841. The van der Waals surface area contributed by atoms with Gasteiger partial charge < -0.3 is 9.80 Å². The average Bonchev–Trinajstić information content (AvgIpc) is 2.88. The van der Waals surface area contributed by atoms with Gasteiger partial charge in [-0.2, -0.15) is 0 Å². The molecule has 0 atom stereocenters. The summed E-state index contributed by atoms with van der Waals surface area (Å²) in [5.74, 6) is -0.253.